The Hall–Kier alpha value is -1.50. The van der Waals surface area contributed by atoms with Crippen LogP contribution >= 0.6 is 15.9 Å². The number of rotatable bonds is 2. The highest BCUT2D eigenvalue weighted by molar-refractivity contribution is 9.10. The molecule has 0 heterocycles. The van der Waals surface area contributed by atoms with Crippen molar-refractivity contribution in [1.29, 1.82) is 5.26 Å². The Morgan fingerprint density at radius 2 is 2.29 bits per heavy atom. The average Bonchev–Trinajstić information content (AvgIpc) is 2.19. The number of nitrogens with zero attached hydrogens (tertiary/aromatic N) is 2. The number of hydrogen-bond acceptors (Lipinski definition) is 3. The number of hydrogen-bond donors (Lipinski definition) is 0. The fourth-order valence-corrected chi connectivity index (χ4v) is 1.43. The second-order valence-corrected chi connectivity index (χ2v) is 3.19. The molecule has 0 aliphatic heterocycles. The van der Waals surface area contributed by atoms with Gasteiger partial charge in [-0.3, -0.25) is 0 Å². The van der Waals surface area contributed by atoms with E-state index in [1.165, 1.54) is 24.3 Å². The zero-order valence-electron chi connectivity index (χ0n) is 6.87. The molecule has 0 saturated carbocycles. The van der Waals surface area contributed by atoms with Crippen LogP contribution in [-0.2, 0) is 4.79 Å². The molecular formula is C9H4BrFN2O. The van der Waals surface area contributed by atoms with Crippen LogP contribution in [0.3, 0.4) is 0 Å². The van der Waals surface area contributed by atoms with Gasteiger partial charge in [0.05, 0.1) is 10.5 Å². The van der Waals surface area contributed by atoms with E-state index in [1.54, 1.807) is 6.07 Å². The molecule has 0 spiro atoms. The largest absolute Gasteiger partial charge is 0.236 e. The molecule has 70 valence electrons. The highest BCUT2D eigenvalue weighted by Crippen LogP contribution is 2.27. The molecule has 5 heteroatoms. The first kappa shape index (κ1) is 10.6. The van der Waals surface area contributed by atoms with Crippen LogP contribution in [0.1, 0.15) is 11.6 Å². The molecule has 1 rings (SSSR count). The minimum atomic E-state index is -1.02. The zero-order valence-corrected chi connectivity index (χ0v) is 8.45. The molecule has 1 unspecified atom stereocenters. The molecular weight excluding hydrogens is 251 g/mol. The summed E-state index contributed by atoms with van der Waals surface area (Å²) in [5, 5.41) is 8.66. The lowest BCUT2D eigenvalue weighted by atomic mass is 10.1. The van der Waals surface area contributed by atoms with Gasteiger partial charge < -0.3 is 0 Å². The summed E-state index contributed by atoms with van der Waals surface area (Å²) in [5.41, 5.74) is 0.316. The third-order valence-corrected chi connectivity index (χ3v) is 2.42. The van der Waals surface area contributed by atoms with E-state index in [-0.39, 0.29) is 4.47 Å². The summed E-state index contributed by atoms with van der Waals surface area (Å²) in [7, 11) is 0. The van der Waals surface area contributed by atoms with Crippen LogP contribution in [0.2, 0.25) is 0 Å². The summed E-state index contributed by atoms with van der Waals surface area (Å²) in [4.78, 5) is 13.2. The molecule has 0 bridgehead atoms. The third-order valence-electron chi connectivity index (χ3n) is 1.58. The lowest BCUT2D eigenvalue weighted by Crippen LogP contribution is -1.94. The molecule has 0 amide bonds. The summed E-state index contributed by atoms with van der Waals surface area (Å²) in [6.07, 6.45) is 1.27. The first-order chi connectivity index (χ1) is 6.70. The highest BCUT2D eigenvalue weighted by atomic mass is 79.9. The first-order valence-corrected chi connectivity index (χ1v) is 4.40. The van der Waals surface area contributed by atoms with Crippen LogP contribution in [0.5, 0.6) is 0 Å². The van der Waals surface area contributed by atoms with Gasteiger partial charge in [-0.15, -0.1) is 0 Å². The van der Waals surface area contributed by atoms with Crippen LogP contribution in [0.4, 0.5) is 4.39 Å². The predicted molar refractivity (Wildman–Crippen MR) is 50.6 cm³/mol. The van der Waals surface area contributed by atoms with Crippen molar-refractivity contribution in [3.63, 3.8) is 0 Å². The SMILES string of the molecule is N#CC(N=C=O)c1cccc(F)c1Br. The highest BCUT2D eigenvalue weighted by Gasteiger charge is 2.14. The zero-order chi connectivity index (χ0) is 10.6. The van der Waals surface area contributed by atoms with Crippen LogP contribution in [-0.4, -0.2) is 6.08 Å². The minimum absolute atomic E-state index is 0.144. The molecule has 0 aliphatic carbocycles. The Bertz CT molecular complexity index is 435. The summed E-state index contributed by atoms with van der Waals surface area (Å²) < 4.78 is 13.2. The van der Waals surface area contributed by atoms with E-state index in [1.807, 2.05) is 0 Å². The smallest absolute Gasteiger partial charge is 0.211 e. The van der Waals surface area contributed by atoms with Crippen molar-refractivity contribution in [2.24, 2.45) is 4.99 Å². The second-order valence-electron chi connectivity index (χ2n) is 2.40. The van der Waals surface area contributed by atoms with Gasteiger partial charge >= 0.3 is 0 Å². The van der Waals surface area contributed by atoms with Crippen molar-refractivity contribution in [3.8, 4) is 6.07 Å². The quantitative estimate of drug-likeness (QED) is 0.602. The maximum atomic E-state index is 13.0. The molecule has 0 aliphatic rings. The van der Waals surface area contributed by atoms with Gasteiger partial charge in [0.2, 0.25) is 6.08 Å². The van der Waals surface area contributed by atoms with Gasteiger partial charge in [0.15, 0.2) is 6.04 Å². The Morgan fingerprint density at radius 3 is 2.86 bits per heavy atom. The lowest BCUT2D eigenvalue weighted by Gasteiger charge is -2.05. The van der Waals surface area contributed by atoms with E-state index >= 15 is 0 Å². The van der Waals surface area contributed by atoms with Crippen molar-refractivity contribution in [3.05, 3.63) is 34.1 Å². The predicted octanol–water partition coefficient (Wildman–Crippen LogP) is 2.49. The van der Waals surface area contributed by atoms with Gasteiger partial charge in [-0.25, -0.2) is 9.18 Å². The average molecular weight is 255 g/mol. The number of isocyanates is 1. The molecule has 1 atom stereocenters. The van der Waals surface area contributed by atoms with Crippen molar-refractivity contribution in [1.82, 2.24) is 0 Å². The Labute approximate surface area is 88.0 Å². The fraction of sp³-hybridized carbons (Fsp3) is 0.111. The number of nitriles is 1. The first-order valence-electron chi connectivity index (χ1n) is 3.61. The lowest BCUT2D eigenvalue weighted by molar-refractivity contribution is 0.561. The summed E-state index contributed by atoms with van der Waals surface area (Å²) >= 11 is 2.98. The monoisotopic (exact) mass is 254 g/mol. The molecule has 1 aromatic rings. The van der Waals surface area contributed by atoms with Crippen LogP contribution < -0.4 is 0 Å². The second kappa shape index (κ2) is 4.66. The number of carbonyl (C=O) groups excluding carboxylic acids is 1. The third kappa shape index (κ3) is 2.05. The van der Waals surface area contributed by atoms with Crippen molar-refractivity contribution in [2.45, 2.75) is 6.04 Å². The van der Waals surface area contributed by atoms with E-state index in [4.69, 9.17) is 5.26 Å². The molecule has 0 radical (unpaired) electrons. The number of benzene rings is 1. The van der Waals surface area contributed by atoms with E-state index in [9.17, 15) is 9.18 Å². The summed E-state index contributed by atoms with van der Waals surface area (Å²) in [6, 6.07) is 4.95. The summed E-state index contributed by atoms with van der Waals surface area (Å²) in [6.45, 7) is 0. The molecule has 0 N–H and O–H groups in total. The topological polar surface area (TPSA) is 53.2 Å². The van der Waals surface area contributed by atoms with E-state index in [2.05, 4.69) is 20.9 Å². The van der Waals surface area contributed by atoms with Gasteiger partial charge in [0.1, 0.15) is 5.82 Å². The van der Waals surface area contributed by atoms with E-state index in [0.717, 1.165) is 0 Å². The van der Waals surface area contributed by atoms with Crippen molar-refractivity contribution < 1.29 is 9.18 Å². The van der Waals surface area contributed by atoms with Gasteiger partial charge in [-0.2, -0.15) is 10.3 Å². The maximum absolute atomic E-state index is 13.0. The number of aliphatic imine (C=N–C) groups is 1. The van der Waals surface area contributed by atoms with Gasteiger partial charge in [0, 0.05) is 5.56 Å². The number of halogens is 2. The standard InChI is InChI=1S/C9H4BrFN2O/c10-9-6(2-1-3-7(9)11)8(4-12)13-5-14/h1-3,8H. The van der Waals surface area contributed by atoms with Crippen LogP contribution in [0.15, 0.2) is 27.7 Å². The Balaban J connectivity index is 3.25. The van der Waals surface area contributed by atoms with Crippen LogP contribution in [0, 0.1) is 17.1 Å². The Kier molecular flexibility index (Phi) is 3.52. The van der Waals surface area contributed by atoms with Gasteiger partial charge in [-0.05, 0) is 22.0 Å². The van der Waals surface area contributed by atoms with Gasteiger partial charge in [0.25, 0.3) is 0 Å². The molecule has 0 aromatic heterocycles. The fourth-order valence-electron chi connectivity index (χ4n) is 0.952. The van der Waals surface area contributed by atoms with Crippen LogP contribution in [0.25, 0.3) is 0 Å². The molecule has 3 nitrogen and oxygen atoms in total. The molecule has 0 fully saturated rings. The van der Waals surface area contributed by atoms with Crippen molar-refractivity contribution >= 4 is 22.0 Å². The Morgan fingerprint density at radius 1 is 1.57 bits per heavy atom. The van der Waals surface area contributed by atoms with E-state index < -0.39 is 11.9 Å². The normalized spacial score (nSPS) is 11.2. The molecule has 1 aromatic carbocycles. The molecule has 0 saturated heterocycles. The molecule has 14 heavy (non-hydrogen) atoms. The minimum Gasteiger partial charge on any atom is -0.211 e. The van der Waals surface area contributed by atoms with E-state index in [0.29, 0.717) is 5.56 Å². The summed E-state index contributed by atoms with van der Waals surface area (Å²) in [5.74, 6) is -0.496. The maximum Gasteiger partial charge on any atom is 0.236 e. The van der Waals surface area contributed by atoms with Crippen molar-refractivity contribution in [2.75, 3.05) is 0 Å². The van der Waals surface area contributed by atoms with Gasteiger partial charge in [-0.1, -0.05) is 12.1 Å².